The molecule has 1 aromatic rings. The fraction of sp³-hybridized carbons (Fsp3) is 0.364. The van der Waals surface area contributed by atoms with Gasteiger partial charge < -0.3 is 0 Å². The number of carbonyl (C=O) groups excluding carboxylic acids is 1. The van der Waals surface area contributed by atoms with Crippen molar-refractivity contribution >= 4 is 52.2 Å². The highest BCUT2D eigenvalue weighted by Crippen LogP contribution is 2.38. The normalized spacial score (nSPS) is 12.6. The Hall–Kier alpha value is 0.0500. The first-order chi connectivity index (χ1) is 7.40. The van der Waals surface area contributed by atoms with Gasteiger partial charge in [0.2, 0.25) is 0 Å². The largest absolute Gasteiger partial charge is 0.294 e. The van der Waals surface area contributed by atoms with Gasteiger partial charge in [0, 0.05) is 5.92 Å². The number of halogens is 4. The summed E-state index contributed by atoms with van der Waals surface area (Å²) >= 11 is 23.6. The molecule has 0 spiro atoms. The van der Waals surface area contributed by atoms with Crippen molar-refractivity contribution in [3.63, 3.8) is 0 Å². The van der Waals surface area contributed by atoms with Crippen LogP contribution in [0.15, 0.2) is 6.07 Å². The molecule has 0 radical (unpaired) electrons. The molecular weight excluding hydrogens is 290 g/mol. The average molecular weight is 300 g/mol. The van der Waals surface area contributed by atoms with Gasteiger partial charge in [-0.1, -0.05) is 60.3 Å². The third-order valence-corrected chi connectivity index (χ3v) is 3.98. The van der Waals surface area contributed by atoms with Crippen LogP contribution in [0.4, 0.5) is 0 Å². The van der Waals surface area contributed by atoms with Gasteiger partial charge in [0.25, 0.3) is 0 Å². The van der Waals surface area contributed by atoms with E-state index in [2.05, 4.69) is 0 Å². The lowest BCUT2D eigenvalue weighted by molar-refractivity contribution is 0.0927. The fourth-order valence-corrected chi connectivity index (χ4v) is 2.32. The first-order valence-electron chi connectivity index (χ1n) is 4.77. The molecule has 0 aliphatic carbocycles. The Morgan fingerprint density at radius 3 is 2.25 bits per heavy atom. The molecule has 1 unspecified atom stereocenters. The topological polar surface area (TPSA) is 17.1 Å². The van der Waals surface area contributed by atoms with Crippen LogP contribution >= 0.6 is 46.4 Å². The molecule has 0 bridgehead atoms. The second kappa shape index (κ2) is 5.59. The summed E-state index contributed by atoms with van der Waals surface area (Å²) < 4.78 is 0. The lowest BCUT2D eigenvalue weighted by atomic mass is 9.97. The van der Waals surface area contributed by atoms with Gasteiger partial charge in [-0.3, -0.25) is 4.79 Å². The Bertz CT molecular complexity index is 428. The highest BCUT2D eigenvalue weighted by atomic mass is 35.5. The van der Waals surface area contributed by atoms with Crippen LogP contribution in [-0.4, -0.2) is 5.78 Å². The molecule has 1 rings (SSSR count). The van der Waals surface area contributed by atoms with Crippen molar-refractivity contribution in [1.82, 2.24) is 0 Å². The molecule has 0 amide bonds. The van der Waals surface area contributed by atoms with E-state index in [-0.39, 0.29) is 37.4 Å². The maximum absolute atomic E-state index is 12.0. The van der Waals surface area contributed by atoms with E-state index in [1.807, 2.05) is 13.8 Å². The Morgan fingerprint density at radius 2 is 1.75 bits per heavy atom. The number of benzene rings is 1. The molecule has 1 atom stereocenters. The van der Waals surface area contributed by atoms with Gasteiger partial charge in [-0.15, -0.1) is 0 Å². The van der Waals surface area contributed by atoms with E-state index in [0.717, 1.165) is 0 Å². The van der Waals surface area contributed by atoms with E-state index in [1.54, 1.807) is 0 Å². The summed E-state index contributed by atoms with van der Waals surface area (Å²) in [6, 6.07) is 1.44. The Morgan fingerprint density at radius 1 is 1.19 bits per heavy atom. The number of hydrogen-bond acceptors (Lipinski definition) is 1. The van der Waals surface area contributed by atoms with Crippen molar-refractivity contribution in [2.45, 2.75) is 20.3 Å². The standard InChI is InChI=1S/C11H10Cl4O/c1-3-5(2)11(16)8-6(12)4-7(13)9(14)10(8)15/h4-5H,3H2,1-2H3. The minimum atomic E-state index is -0.146. The molecular formula is C11H10Cl4O. The molecule has 0 N–H and O–H groups in total. The summed E-state index contributed by atoms with van der Waals surface area (Å²) in [4.78, 5) is 12.0. The number of ketones is 1. The number of rotatable bonds is 3. The Kier molecular flexibility index (Phi) is 4.93. The van der Waals surface area contributed by atoms with Gasteiger partial charge in [0.1, 0.15) is 0 Å². The Labute approximate surface area is 115 Å². The molecule has 16 heavy (non-hydrogen) atoms. The summed E-state index contributed by atoms with van der Waals surface area (Å²) in [5, 5.41) is 0.783. The van der Waals surface area contributed by atoms with Gasteiger partial charge in [0.05, 0.1) is 25.7 Å². The van der Waals surface area contributed by atoms with E-state index in [1.165, 1.54) is 6.07 Å². The van der Waals surface area contributed by atoms with Crippen molar-refractivity contribution in [3.8, 4) is 0 Å². The van der Waals surface area contributed by atoms with E-state index < -0.39 is 0 Å². The zero-order chi connectivity index (χ0) is 12.5. The van der Waals surface area contributed by atoms with Crippen LogP contribution in [0.25, 0.3) is 0 Å². The van der Waals surface area contributed by atoms with Gasteiger partial charge in [-0.05, 0) is 12.5 Å². The number of Topliss-reactive ketones (excluding diaryl/α,β-unsaturated/α-hetero) is 1. The van der Waals surface area contributed by atoms with Crippen LogP contribution < -0.4 is 0 Å². The summed E-state index contributed by atoms with van der Waals surface area (Å²) in [6.45, 7) is 3.74. The fourth-order valence-electron chi connectivity index (χ4n) is 1.22. The molecule has 0 fully saturated rings. The second-order valence-electron chi connectivity index (χ2n) is 3.52. The summed E-state index contributed by atoms with van der Waals surface area (Å²) in [7, 11) is 0. The Balaban J connectivity index is 3.34. The zero-order valence-electron chi connectivity index (χ0n) is 8.78. The van der Waals surface area contributed by atoms with Crippen LogP contribution in [0, 0.1) is 5.92 Å². The van der Waals surface area contributed by atoms with Crippen LogP contribution in [0.3, 0.4) is 0 Å². The SMILES string of the molecule is CCC(C)C(=O)c1c(Cl)cc(Cl)c(Cl)c1Cl. The second-order valence-corrected chi connectivity index (χ2v) is 5.09. The predicted octanol–water partition coefficient (Wildman–Crippen LogP) is 5.53. The van der Waals surface area contributed by atoms with Crippen LogP contribution in [-0.2, 0) is 0 Å². The molecule has 5 heteroatoms. The van der Waals surface area contributed by atoms with Crippen molar-refractivity contribution in [1.29, 1.82) is 0 Å². The zero-order valence-corrected chi connectivity index (χ0v) is 11.8. The monoisotopic (exact) mass is 298 g/mol. The highest BCUT2D eigenvalue weighted by Gasteiger charge is 2.22. The molecule has 0 heterocycles. The van der Waals surface area contributed by atoms with Crippen molar-refractivity contribution in [3.05, 3.63) is 31.7 Å². The summed E-state index contributed by atoms with van der Waals surface area (Å²) in [6.07, 6.45) is 0.714. The summed E-state index contributed by atoms with van der Waals surface area (Å²) in [5.41, 5.74) is 0.257. The smallest absolute Gasteiger partial charge is 0.168 e. The minimum Gasteiger partial charge on any atom is -0.294 e. The van der Waals surface area contributed by atoms with E-state index in [0.29, 0.717) is 6.42 Å². The molecule has 0 aromatic heterocycles. The first-order valence-corrected chi connectivity index (χ1v) is 6.28. The van der Waals surface area contributed by atoms with Gasteiger partial charge in [-0.2, -0.15) is 0 Å². The van der Waals surface area contributed by atoms with Gasteiger partial charge in [-0.25, -0.2) is 0 Å². The molecule has 0 saturated carbocycles. The molecule has 0 saturated heterocycles. The van der Waals surface area contributed by atoms with Crippen LogP contribution in [0.5, 0.6) is 0 Å². The van der Waals surface area contributed by atoms with Crippen molar-refractivity contribution in [2.75, 3.05) is 0 Å². The number of hydrogen-bond donors (Lipinski definition) is 0. The molecule has 0 aliphatic heterocycles. The van der Waals surface area contributed by atoms with Gasteiger partial charge in [0.15, 0.2) is 5.78 Å². The van der Waals surface area contributed by atoms with E-state index in [4.69, 9.17) is 46.4 Å². The maximum Gasteiger partial charge on any atom is 0.168 e. The maximum atomic E-state index is 12.0. The molecule has 0 aliphatic rings. The minimum absolute atomic E-state index is 0.115. The highest BCUT2D eigenvalue weighted by molar-refractivity contribution is 6.51. The third kappa shape index (κ3) is 2.65. The van der Waals surface area contributed by atoms with Crippen molar-refractivity contribution < 1.29 is 4.79 Å². The van der Waals surface area contributed by atoms with Crippen LogP contribution in [0.1, 0.15) is 30.6 Å². The third-order valence-electron chi connectivity index (χ3n) is 2.42. The van der Waals surface area contributed by atoms with Gasteiger partial charge >= 0.3 is 0 Å². The lowest BCUT2D eigenvalue weighted by Crippen LogP contribution is -2.11. The molecule has 1 nitrogen and oxygen atoms in total. The quantitative estimate of drug-likeness (QED) is 0.407. The van der Waals surface area contributed by atoms with E-state index >= 15 is 0 Å². The average Bonchev–Trinajstić information content (AvgIpc) is 2.24. The summed E-state index contributed by atoms with van der Waals surface area (Å²) in [5.74, 6) is -0.261. The first kappa shape index (κ1) is 14.1. The predicted molar refractivity (Wildman–Crippen MR) is 70.3 cm³/mol. The molecule has 88 valence electrons. The van der Waals surface area contributed by atoms with Crippen LogP contribution in [0.2, 0.25) is 20.1 Å². The van der Waals surface area contributed by atoms with E-state index in [9.17, 15) is 4.79 Å². The lowest BCUT2D eigenvalue weighted by Gasteiger charge is -2.12. The van der Waals surface area contributed by atoms with Crippen molar-refractivity contribution in [2.24, 2.45) is 5.92 Å². The number of carbonyl (C=O) groups is 1. The molecule has 1 aromatic carbocycles.